The third kappa shape index (κ3) is 2.21. The molecule has 1 aromatic heterocycles. The number of thioether (sulfide) groups is 1. The average Bonchev–Trinajstić information content (AvgIpc) is 2.79. The van der Waals surface area contributed by atoms with E-state index in [9.17, 15) is 0 Å². The molecule has 2 aliphatic rings. The van der Waals surface area contributed by atoms with Crippen LogP contribution >= 0.6 is 11.8 Å². The first-order valence-corrected chi connectivity index (χ1v) is 9.43. The predicted octanol–water partition coefficient (Wildman–Crippen LogP) is 4.65. The van der Waals surface area contributed by atoms with Gasteiger partial charge in [-0.25, -0.2) is 0 Å². The lowest BCUT2D eigenvalue weighted by molar-refractivity contribution is 0.119. The van der Waals surface area contributed by atoms with Crippen LogP contribution in [0, 0.1) is 5.92 Å². The van der Waals surface area contributed by atoms with E-state index in [1.807, 2.05) is 11.8 Å². The molecule has 3 atom stereocenters. The number of H-pyrrole nitrogens is 1. The van der Waals surface area contributed by atoms with E-state index < -0.39 is 0 Å². The first-order chi connectivity index (χ1) is 10.5. The van der Waals surface area contributed by atoms with E-state index in [0.717, 1.165) is 5.92 Å². The maximum Gasteiger partial charge on any atom is 0.0768 e. The fourth-order valence-electron chi connectivity index (χ4n) is 4.60. The Morgan fingerprint density at radius 2 is 2.14 bits per heavy atom. The highest BCUT2D eigenvalue weighted by molar-refractivity contribution is 7.99. The largest absolute Gasteiger partial charge is 0.349 e. The van der Waals surface area contributed by atoms with Crippen LogP contribution in [-0.2, 0) is 6.42 Å². The van der Waals surface area contributed by atoms with Gasteiger partial charge in [-0.15, -0.1) is 11.8 Å². The van der Waals surface area contributed by atoms with Crippen LogP contribution in [-0.4, -0.2) is 34.8 Å². The first kappa shape index (κ1) is 14.6. The molecular weight excluding hydrogens is 288 g/mol. The van der Waals surface area contributed by atoms with Crippen LogP contribution < -0.4 is 0 Å². The Hall–Kier alpha value is -0.930. The fourth-order valence-corrected chi connectivity index (χ4v) is 5.57. The van der Waals surface area contributed by atoms with Gasteiger partial charge in [-0.2, -0.15) is 0 Å². The summed E-state index contributed by atoms with van der Waals surface area (Å²) >= 11 is 1.99. The molecule has 1 unspecified atom stereocenters. The molecule has 0 saturated carbocycles. The highest BCUT2D eigenvalue weighted by Crippen LogP contribution is 2.47. The van der Waals surface area contributed by atoms with Crippen molar-refractivity contribution in [2.75, 3.05) is 13.6 Å². The first-order valence-electron chi connectivity index (χ1n) is 8.55. The summed E-state index contributed by atoms with van der Waals surface area (Å²) in [7, 11) is 2.32. The van der Waals surface area contributed by atoms with Gasteiger partial charge in [-0.3, -0.25) is 0 Å². The summed E-state index contributed by atoms with van der Waals surface area (Å²) in [6, 6.07) is 7.55. The molecule has 4 rings (SSSR count). The maximum atomic E-state index is 3.71. The third-order valence-corrected chi connectivity index (χ3v) is 6.43. The van der Waals surface area contributed by atoms with Crippen molar-refractivity contribution in [3.8, 4) is 0 Å². The summed E-state index contributed by atoms with van der Waals surface area (Å²) in [6.45, 7) is 8.21. The molecule has 0 radical (unpaired) electrons. The van der Waals surface area contributed by atoms with Crippen LogP contribution in [0.25, 0.3) is 10.9 Å². The molecule has 1 aromatic carbocycles. The van der Waals surface area contributed by atoms with E-state index in [4.69, 9.17) is 0 Å². The molecule has 3 heteroatoms. The van der Waals surface area contributed by atoms with Crippen LogP contribution in [0.5, 0.6) is 0 Å². The Bertz CT molecular complexity index is 703. The quantitative estimate of drug-likeness (QED) is 0.814. The van der Waals surface area contributed by atoms with Crippen molar-refractivity contribution in [3.05, 3.63) is 29.3 Å². The Morgan fingerprint density at radius 1 is 1.32 bits per heavy atom. The molecule has 1 aliphatic heterocycles. The molecule has 1 N–H and O–H groups in total. The van der Waals surface area contributed by atoms with Crippen LogP contribution in [0.15, 0.2) is 23.2 Å². The van der Waals surface area contributed by atoms with Crippen molar-refractivity contribution >= 4 is 22.7 Å². The van der Waals surface area contributed by atoms with Crippen molar-refractivity contribution in [3.63, 3.8) is 0 Å². The fraction of sp³-hybridized carbons (Fsp3) is 0.579. The monoisotopic (exact) mass is 314 g/mol. The van der Waals surface area contributed by atoms with Gasteiger partial charge in [-0.1, -0.05) is 32.9 Å². The van der Waals surface area contributed by atoms with Gasteiger partial charge in [0.05, 0.1) is 5.03 Å². The lowest BCUT2D eigenvalue weighted by Gasteiger charge is -2.45. The summed E-state index contributed by atoms with van der Waals surface area (Å²) < 4.78 is 0. The number of hydrogen-bond donors (Lipinski definition) is 1. The number of likely N-dealkylation sites (N-methyl/N-ethyl adjacent to an activating group) is 1. The normalized spacial score (nSPS) is 28.3. The number of aromatic nitrogens is 1. The van der Waals surface area contributed by atoms with Crippen molar-refractivity contribution in [1.29, 1.82) is 0 Å². The zero-order valence-electron chi connectivity index (χ0n) is 14.0. The Labute approximate surface area is 137 Å². The molecule has 1 saturated heterocycles. The summed E-state index contributed by atoms with van der Waals surface area (Å²) in [5.41, 5.74) is 4.51. The number of piperidine rings is 1. The van der Waals surface area contributed by atoms with Crippen molar-refractivity contribution in [1.82, 2.24) is 9.88 Å². The maximum absolute atomic E-state index is 3.71. The molecular formula is C19H26N2S. The lowest BCUT2D eigenvalue weighted by Crippen LogP contribution is -2.47. The summed E-state index contributed by atoms with van der Waals surface area (Å²) in [5.74, 6) is 1.50. The minimum Gasteiger partial charge on any atom is -0.349 e. The van der Waals surface area contributed by atoms with Crippen LogP contribution in [0.4, 0.5) is 0 Å². The summed E-state index contributed by atoms with van der Waals surface area (Å²) in [4.78, 5) is 6.32. The highest BCUT2D eigenvalue weighted by atomic mass is 32.2. The van der Waals surface area contributed by atoms with Gasteiger partial charge in [-0.05, 0) is 43.0 Å². The molecule has 2 nitrogen and oxygen atoms in total. The molecule has 0 amide bonds. The number of fused-ring (bicyclic) bond motifs is 2. The number of rotatable bonds is 2. The number of nitrogens with one attached hydrogen (secondary N) is 1. The predicted molar refractivity (Wildman–Crippen MR) is 95.9 cm³/mol. The zero-order chi connectivity index (χ0) is 15.4. The van der Waals surface area contributed by atoms with E-state index in [1.165, 1.54) is 35.3 Å². The SMILES string of the molecule is CC1C[C@@H]2c3cccc4[nH]c(SC(C)C)c(c34)C[C@H]2N(C)C1. The van der Waals surface area contributed by atoms with Gasteiger partial charge >= 0.3 is 0 Å². The van der Waals surface area contributed by atoms with Crippen molar-refractivity contribution in [2.24, 2.45) is 5.92 Å². The Kier molecular flexibility index (Phi) is 3.54. The number of aromatic amines is 1. The molecule has 0 spiro atoms. The molecule has 2 heterocycles. The van der Waals surface area contributed by atoms with Crippen LogP contribution in [0.2, 0.25) is 0 Å². The second kappa shape index (κ2) is 5.31. The van der Waals surface area contributed by atoms with E-state index in [1.54, 1.807) is 11.1 Å². The highest BCUT2D eigenvalue weighted by Gasteiger charge is 2.39. The van der Waals surface area contributed by atoms with E-state index in [-0.39, 0.29) is 0 Å². The van der Waals surface area contributed by atoms with Gasteiger partial charge < -0.3 is 9.88 Å². The Morgan fingerprint density at radius 3 is 2.91 bits per heavy atom. The molecule has 118 valence electrons. The summed E-state index contributed by atoms with van der Waals surface area (Å²) in [5, 5.41) is 3.56. The third-order valence-electron chi connectivity index (χ3n) is 5.37. The lowest BCUT2D eigenvalue weighted by atomic mass is 9.73. The van der Waals surface area contributed by atoms with Gasteiger partial charge in [0, 0.05) is 34.7 Å². The van der Waals surface area contributed by atoms with Gasteiger partial charge in [0.2, 0.25) is 0 Å². The zero-order valence-corrected chi connectivity index (χ0v) is 14.8. The molecule has 2 aromatic rings. The Balaban J connectivity index is 1.88. The topological polar surface area (TPSA) is 19.0 Å². The van der Waals surface area contributed by atoms with Crippen molar-refractivity contribution < 1.29 is 0 Å². The average molecular weight is 314 g/mol. The van der Waals surface area contributed by atoms with Gasteiger partial charge in [0.1, 0.15) is 0 Å². The van der Waals surface area contributed by atoms with Gasteiger partial charge in [0.15, 0.2) is 0 Å². The smallest absolute Gasteiger partial charge is 0.0768 e. The van der Waals surface area contributed by atoms with Crippen molar-refractivity contribution in [2.45, 2.75) is 55.8 Å². The van der Waals surface area contributed by atoms with E-state index >= 15 is 0 Å². The molecule has 0 bridgehead atoms. The second-order valence-corrected chi connectivity index (χ2v) is 9.11. The van der Waals surface area contributed by atoms with Crippen LogP contribution in [0.3, 0.4) is 0 Å². The number of benzene rings is 1. The van der Waals surface area contributed by atoms with Gasteiger partial charge in [0.25, 0.3) is 0 Å². The number of hydrogen-bond acceptors (Lipinski definition) is 2. The van der Waals surface area contributed by atoms with E-state index in [2.05, 4.69) is 55.9 Å². The summed E-state index contributed by atoms with van der Waals surface area (Å²) in [6.07, 6.45) is 2.55. The van der Waals surface area contributed by atoms with Crippen LogP contribution in [0.1, 0.15) is 44.2 Å². The standard InChI is InChI=1S/C19H26N2S/c1-11(2)22-19-15-9-17-14(8-12(3)10-21(17)4)13-6-5-7-16(20-19)18(13)15/h5-7,11-12,14,17,20H,8-10H2,1-4H3/t12?,14-,17-/m1/s1. The second-order valence-electron chi connectivity index (χ2n) is 7.53. The van der Waals surface area contributed by atoms with E-state index in [0.29, 0.717) is 17.2 Å². The molecule has 1 aliphatic carbocycles. The number of nitrogens with zero attached hydrogens (tertiary/aromatic N) is 1. The molecule has 1 fully saturated rings. The molecule has 22 heavy (non-hydrogen) atoms. The minimum absolute atomic E-state index is 0.620. The minimum atomic E-state index is 0.620. The number of likely N-dealkylation sites (tertiary alicyclic amines) is 1.